The summed E-state index contributed by atoms with van der Waals surface area (Å²) >= 11 is 3.68. The van der Waals surface area contributed by atoms with Crippen LogP contribution in [0.1, 0.15) is 44.0 Å². The minimum atomic E-state index is 0.149. The van der Waals surface area contributed by atoms with E-state index < -0.39 is 0 Å². The van der Waals surface area contributed by atoms with E-state index >= 15 is 0 Å². The minimum Gasteiger partial charge on any atom is -0.326 e. The lowest BCUT2D eigenvalue weighted by Gasteiger charge is -2.41. The number of aromatic nitrogens is 2. The van der Waals surface area contributed by atoms with Crippen LogP contribution in [0.25, 0.3) is 0 Å². The monoisotopic (exact) mass is 342 g/mol. The van der Waals surface area contributed by atoms with Gasteiger partial charge in [0.1, 0.15) is 0 Å². The van der Waals surface area contributed by atoms with Gasteiger partial charge in [-0.3, -0.25) is 4.68 Å². The van der Waals surface area contributed by atoms with Crippen LogP contribution in [0, 0.1) is 6.92 Å². The van der Waals surface area contributed by atoms with Gasteiger partial charge >= 0.3 is 0 Å². The summed E-state index contributed by atoms with van der Waals surface area (Å²) in [5.74, 6) is 0. The molecule has 1 atom stereocenters. The number of hydrogen-bond acceptors (Lipinski definition) is 3. The van der Waals surface area contributed by atoms with Crippen LogP contribution < -0.4 is 5.73 Å². The number of halogens is 1. The van der Waals surface area contributed by atoms with Crippen LogP contribution in [0.4, 0.5) is 0 Å². The zero-order valence-electron chi connectivity index (χ0n) is 13.1. The first-order valence-corrected chi connectivity index (χ1v) is 8.36. The molecule has 1 saturated carbocycles. The second-order valence-corrected chi connectivity index (χ2v) is 6.97. The molecule has 5 heteroatoms. The van der Waals surface area contributed by atoms with E-state index in [1.807, 2.05) is 6.92 Å². The molecule has 0 spiro atoms. The van der Waals surface area contributed by atoms with Gasteiger partial charge in [-0.1, -0.05) is 12.8 Å². The molecule has 20 heavy (non-hydrogen) atoms. The van der Waals surface area contributed by atoms with Crippen molar-refractivity contribution in [2.24, 2.45) is 5.73 Å². The van der Waals surface area contributed by atoms with Crippen LogP contribution in [0.3, 0.4) is 0 Å². The molecule has 2 rings (SSSR count). The zero-order chi connectivity index (χ0) is 14.9. The molecule has 1 aliphatic carbocycles. The van der Waals surface area contributed by atoms with E-state index in [0.29, 0.717) is 0 Å². The predicted molar refractivity (Wildman–Crippen MR) is 86.9 cm³/mol. The third-order valence-corrected chi connectivity index (χ3v) is 5.95. The summed E-state index contributed by atoms with van der Waals surface area (Å²) < 4.78 is 3.21. The van der Waals surface area contributed by atoms with Gasteiger partial charge in [-0.15, -0.1) is 0 Å². The molecule has 2 N–H and O–H groups in total. The molecule has 1 fully saturated rings. The van der Waals surface area contributed by atoms with Crippen molar-refractivity contribution in [1.82, 2.24) is 14.7 Å². The van der Waals surface area contributed by atoms with Crippen molar-refractivity contribution in [2.75, 3.05) is 14.1 Å². The summed E-state index contributed by atoms with van der Waals surface area (Å²) in [6.45, 7) is 5.07. The second-order valence-electron chi connectivity index (χ2n) is 6.18. The van der Waals surface area contributed by atoms with E-state index in [4.69, 9.17) is 5.73 Å². The lowest BCUT2D eigenvalue weighted by molar-refractivity contribution is 0.122. The van der Waals surface area contributed by atoms with Gasteiger partial charge in [0.05, 0.1) is 15.9 Å². The number of likely N-dealkylation sites (N-methyl/N-ethyl adjacent to an activating group) is 1. The Morgan fingerprint density at radius 1 is 1.40 bits per heavy atom. The first-order valence-electron chi connectivity index (χ1n) is 7.57. The van der Waals surface area contributed by atoms with Gasteiger partial charge in [-0.2, -0.15) is 5.10 Å². The molecule has 0 bridgehead atoms. The van der Waals surface area contributed by atoms with E-state index in [-0.39, 0.29) is 11.6 Å². The number of aryl methyl sites for hydroxylation is 2. The first kappa shape index (κ1) is 16.0. The average molecular weight is 343 g/mol. The second kappa shape index (κ2) is 6.16. The molecule has 0 saturated heterocycles. The van der Waals surface area contributed by atoms with Gasteiger partial charge in [-0.25, -0.2) is 0 Å². The molecule has 1 aliphatic rings. The summed E-state index contributed by atoms with van der Waals surface area (Å²) in [5.41, 5.74) is 9.09. The predicted octanol–water partition coefficient (Wildman–Crippen LogP) is 2.72. The highest BCUT2D eigenvalue weighted by Gasteiger charge is 2.41. The van der Waals surface area contributed by atoms with Crippen molar-refractivity contribution in [1.29, 1.82) is 0 Å². The van der Waals surface area contributed by atoms with Crippen molar-refractivity contribution >= 4 is 15.9 Å². The molecule has 4 nitrogen and oxygen atoms in total. The quantitative estimate of drug-likeness (QED) is 0.894. The van der Waals surface area contributed by atoms with Crippen molar-refractivity contribution in [3.8, 4) is 0 Å². The zero-order valence-corrected chi connectivity index (χ0v) is 14.7. The molecule has 0 amide bonds. The van der Waals surface area contributed by atoms with Crippen LogP contribution >= 0.6 is 15.9 Å². The van der Waals surface area contributed by atoms with Gasteiger partial charge in [0.15, 0.2) is 0 Å². The van der Waals surface area contributed by atoms with Crippen molar-refractivity contribution in [3.63, 3.8) is 0 Å². The Balaban J connectivity index is 2.25. The van der Waals surface area contributed by atoms with Crippen LogP contribution in [0.15, 0.2) is 4.47 Å². The van der Waals surface area contributed by atoms with Crippen LogP contribution in [0.2, 0.25) is 0 Å². The fourth-order valence-corrected chi connectivity index (χ4v) is 4.05. The standard InChI is InChI=1S/C15H27BrN4/c1-5-20-12(14(16)11(2)18-20)10-13(17)15(19(3)4)8-6-7-9-15/h13H,5-10,17H2,1-4H3. The van der Waals surface area contributed by atoms with Gasteiger partial charge in [0, 0.05) is 24.5 Å². The maximum absolute atomic E-state index is 6.65. The van der Waals surface area contributed by atoms with Gasteiger partial charge in [0.25, 0.3) is 0 Å². The van der Waals surface area contributed by atoms with Gasteiger partial charge in [0.2, 0.25) is 0 Å². The van der Waals surface area contributed by atoms with Crippen molar-refractivity contribution in [3.05, 3.63) is 15.9 Å². The number of nitrogens with two attached hydrogens (primary N) is 1. The summed E-state index contributed by atoms with van der Waals surface area (Å²) in [6.07, 6.45) is 5.88. The highest BCUT2D eigenvalue weighted by Crippen LogP contribution is 2.37. The highest BCUT2D eigenvalue weighted by molar-refractivity contribution is 9.10. The normalized spacial score (nSPS) is 19.8. The fourth-order valence-electron chi connectivity index (χ4n) is 3.60. The summed E-state index contributed by atoms with van der Waals surface area (Å²) in [7, 11) is 4.34. The Morgan fingerprint density at radius 2 is 2.00 bits per heavy atom. The fraction of sp³-hybridized carbons (Fsp3) is 0.800. The number of rotatable bonds is 5. The maximum Gasteiger partial charge on any atom is 0.0738 e. The molecular formula is C15H27BrN4. The SMILES string of the molecule is CCn1nc(C)c(Br)c1CC(N)C1(N(C)C)CCCC1. The number of nitrogens with zero attached hydrogens (tertiary/aromatic N) is 3. The Bertz CT molecular complexity index is 461. The molecule has 1 unspecified atom stereocenters. The lowest BCUT2D eigenvalue weighted by atomic mass is 9.84. The summed E-state index contributed by atoms with van der Waals surface area (Å²) in [5, 5.41) is 4.58. The molecule has 1 aromatic rings. The Morgan fingerprint density at radius 3 is 2.50 bits per heavy atom. The van der Waals surface area contributed by atoms with E-state index in [0.717, 1.165) is 23.1 Å². The van der Waals surface area contributed by atoms with E-state index in [1.165, 1.54) is 31.4 Å². The summed E-state index contributed by atoms with van der Waals surface area (Å²) in [4.78, 5) is 2.35. The lowest BCUT2D eigenvalue weighted by Crippen LogP contribution is -2.56. The minimum absolute atomic E-state index is 0.149. The van der Waals surface area contributed by atoms with Crippen molar-refractivity contribution < 1.29 is 0 Å². The topological polar surface area (TPSA) is 47.1 Å². The molecule has 0 aliphatic heterocycles. The summed E-state index contributed by atoms with van der Waals surface area (Å²) in [6, 6.07) is 0.151. The molecule has 0 aromatic carbocycles. The molecule has 114 valence electrons. The average Bonchev–Trinajstić information content (AvgIpc) is 3.00. The van der Waals surface area contributed by atoms with Gasteiger partial charge < -0.3 is 10.6 Å². The smallest absolute Gasteiger partial charge is 0.0738 e. The van der Waals surface area contributed by atoms with Crippen molar-refractivity contribution in [2.45, 2.75) is 64.1 Å². The first-order chi connectivity index (χ1) is 9.42. The third kappa shape index (κ3) is 2.68. The molecular weight excluding hydrogens is 316 g/mol. The van der Waals surface area contributed by atoms with E-state index in [9.17, 15) is 0 Å². The van der Waals surface area contributed by atoms with Gasteiger partial charge in [-0.05, 0) is 56.7 Å². The van der Waals surface area contributed by atoms with Crippen LogP contribution in [-0.2, 0) is 13.0 Å². The Labute approximate surface area is 130 Å². The molecule has 1 aromatic heterocycles. The maximum atomic E-state index is 6.65. The van der Waals surface area contributed by atoms with Crippen LogP contribution in [-0.4, -0.2) is 40.4 Å². The largest absolute Gasteiger partial charge is 0.326 e. The Kier molecular flexibility index (Phi) is 4.92. The number of hydrogen-bond donors (Lipinski definition) is 1. The van der Waals surface area contributed by atoms with Crippen LogP contribution in [0.5, 0.6) is 0 Å². The molecule has 0 radical (unpaired) electrons. The molecule has 1 heterocycles. The van der Waals surface area contributed by atoms with E-state index in [1.54, 1.807) is 0 Å². The Hall–Kier alpha value is -0.390. The third-order valence-electron chi connectivity index (χ3n) is 4.92. The highest BCUT2D eigenvalue weighted by atomic mass is 79.9. The van der Waals surface area contributed by atoms with E-state index in [2.05, 4.69) is 51.6 Å².